The van der Waals surface area contributed by atoms with Gasteiger partial charge >= 0.3 is 0 Å². The van der Waals surface area contributed by atoms with E-state index in [0.29, 0.717) is 0 Å². The Morgan fingerprint density at radius 1 is 1.03 bits per heavy atom. The molecular formula is C25H21BrN4. The molecule has 0 spiro atoms. The molecule has 0 N–H and O–H groups in total. The highest BCUT2D eigenvalue weighted by atomic mass is 79.9. The van der Waals surface area contributed by atoms with Crippen LogP contribution in [0.25, 0.3) is 10.8 Å². The highest BCUT2D eigenvalue weighted by molar-refractivity contribution is 9.10. The van der Waals surface area contributed by atoms with E-state index in [1.165, 1.54) is 10.8 Å². The molecule has 0 saturated carbocycles. The lowest BCUT2D eigenvalue weighted by Gasteiger charge is -2.30. The standard InChI is InChI=1S/C25H21BrN4/c1-2-18-14-16-29(21-10-6-9-20(26)17-21)28-25(18)24-13-15-27-30(24)23-12-5-8-19-7-3-4-11-22(19)23/h2-12,14-17,24H,13H2,1H3/b18-2-. The Kier molecular flexibility index (Phi) is 4.97. The van der Waals surface area contributed by atoms with E-state index in [1.54, 1.807) is 0 Å². The lowest BCUT2D eigenvalue weighted by atomic mass is 9.98. The minimum Gasteiger partial charge on any atom is -0.256 e. The summed E-state index contributed by atoms with van der Waals surface area (Å²) < 4.78 is 1.03. The molecule has 2 heterocycles. The Balaban J connectivity index is 1.57. The first kappa shape index (κ1) is 18.8. The molecule has 5 rings (SSSR count). The fourth-order valence-electron chi connectivity index (χ4n) is 3.99. The molecule has 3 aromatic carbocycles. The number of benzene rings is 3. The van der Waals surface area contributed by atoms with E-state index in [0.717, 1.165) is 33.6 Å². The van der Waals surface area contributed by atoms with Gasteiger partial charge in [0.25, 0.3) is 0 Å². The van der Waals surface area contributed by atoms with Gasteiger partial charge in [0.15, 0.2) is 0 Å². The van der Waals surface area contributed by atoms with Gasteiger partial charge in [0.05, 0.1) is 17.1 Å². The molecule has 0 aromatic heterocycles. The van der Waals surface area contributed by atoms with Crippen molar-refractivity contribution in [3.8, 4) is 0 Å². The number of anilines is 2. The number of rotatable bonds is 3. The summed E-state index contributed by atoms with van der Waals surface area (Å²) in [6.07, 6.45) is 9.07. The summed E-state index contributed by atoms with van der Waals surface area (Å²) in [5, 5.41) is 16.2. The number of hydrazone groups is 2. The fourth-order valence-corrected chi connectivity index (χ4v) is 4.38. The van der Waals surface area contributed by atoms with Crippen LogP contribution in [0.15, 0.2) is 105 Å². The highest BCUT2D eigenvalue weighted by Gasteiger charge is 2.31. The highest BCUT2D eigenvalue weighted by Crippen LogP contribution is 2.33. The Morgan fingerprint density at radius 3 is 2.73 bits per heavy atom. The van der Waals surface area contributed by atoms with E-state index >= 15 is 0 Å². The van der Waals surface area contributed by atoms with Crippen LogP contribution in [0.2, 0.25) is 0 Å². The first-order chi connectivity index (χ1) is 14.7. The van der Waals surface area contributed by atoms with Crippen LogP contribution in [-0.4, -0.2) is 18.0 Å². The first-order valence-corrected chi connectivity index (χ1v) is 10.8. The summed E-state index contributed by atoms with van der Waals surface area (Å²) >= 11 is 3.56. The van der Waals surface area contributed by atoms with E-state index in [2.05, 4.69) is 94.6 Å². The topological polar surface area (TPSA) is 31.2 Å². The number of nitrogens with zero attached hydrogens (tertiary/aromatic N) is 4. The van der Waals surface area contributed by atoms with E-state index in [-0.39, 0.29) is 6.04 Å². The zero-order valence-corrected chi connectivity index (χ0v) is 18.2. The Bertz CT molecular complexity index is 1220. The third-order valence-electron chi connectivity index (χ3n) is 5.45. The van der Waals surface area contributed by atoms with Crippen LogP contribution in [0.1, 0.15) is 13.3 Å². The Hall–Kier alpha value is -3.18. The zero-order chi connectivity index (χ0) is 20.5. The maximum Gasteiger partial charge on any atom is 0.102 e. The van der Waals surface area contributed by atoms with Crippen LogP contribution in [0.3, 0.4) is 0 Å². The van der Waals surface area contributed by atoms with Crippen molar-refractivity contribution in [2.75, 3.05) is 10.0 Å². The van der Waals surface area contributed by atoms with Gasteiger partial charge in [0.2, 0.25) is 0 Å². The van der Waals surface area contributed by atoms with Gasteiger partial charge < -0.3 is 0 Å². The van der Waals surface area contributed by atoms with Crippen LogP contribution in [0, 0.1) is 0 Å². The Labute approximate surface area is 184 Å². The van der Waals surface area contributed by atoms with Crippen molar-refractivity contribution in [3.05, 3.63) is 95.1 Å². The van der Waals surface area contributed by atoms with E-state index < -0.39 is 0 Å². The van der Waals surface area contributed by atoms with Crippen molar-refractivity contribution in [3.63, 3.8) is 0 Å². The molecule has 0 saturated heterocycles. The summed E-state index contributed by atoms with van der Waals surface area (Å²) in [5.41, 5.74) is 4.27. The van der Waals surface area contributed by atoms with Gasteiger partial charge in [-0.3, -0.25) is 5.01 Å². The van der Waals surface area contributed by atoms with Crippen LogP contribution in [-0.2, 0) is 0 Å². The summed E-state index contributed by atoms with van der Waals surface area (Å²) in [6.45, 7) is 2.06. The summed E-state index contributed by atoms with van der Waals surface area (Å²) in [5.74, 6) is 0. The molecule has 0 amide bonds. The van der Waals surface area contributed by atoms with Gasteiger partial charge in [-0.15, -0.1) is 0 Å². The van der Waals surface area contributed by atoms with Crippen molar-refractivity contribution in [1.82, 2.24) is 0 Å². The molecule has 5 heteroatoms. The molecule has 0 radical (unpaired) electrons. The molecule has 2 aliphatic heterocycles. The van der Waals surface area contributed by atoms with Crippen molar-refractivity contribution in [2.45, 2.75) is 19.4 Å². The van der Waals surface area contributed by atoms with Gasteiger partial charge in [-0.25, -0.2) is 5.01 Å². The number of halogens is 1. The lowest BCUT2D eigenvalue weighted by molar-refractivity contribution is 0.816. The molecule has 1 atom stereocenters. The monoisotopic (exact) mass is 456 g/mol. The maximum absolute atomic E-state index is 5.04. The second-order valence-electron chi connectivity index (χ2n) is 7.26. The predicted molar refractivity (Wildman–Crippen MR) is 130 cm³/mol. The van der Waals surface area contributed by atoms with Gasteiger partial charge in [-0.05, 0) is 48.2 Å². The molecule has 1 unspecified atom stereocenters. The predicted octanol–water partition coefficient (Wildman–Crippen LogP) is 6.50. The molecule has 0 aliphatic carbocycles. The van der Waals surface area contributed by atoms with Gasteiger partial charge in [0, 0.05) is 28.7 Å². The summed E-state index contributed by atoms with van der Waals surface area (Å²) in [6, 6.07) is 23.0. The number of allylic oxidation sites excluding steroid dienone is 2. The molecular weight excluding hydrogens is 436 g/mol. The van der Waals surface area contributed by atoms with Crippen molar-refractivity contribution in [1.29, 1.82) is 0 Å². The second kappa shape index (κ2) is 7.92. The van der Waals surface area contributed by atoms with E-state index in [1.807, 2.05) is 29.6 Å². The van der Waals surface area contributed by atoms with Crippen LogP contribution in [0.4, 0.5) is 11.4 Å². The van der Waals surface area contributed by atoms with Crippen molar-refractivity contribution in [2.24, 2.45) is 10.2 Å². The zero-order valence-electron chi connectivity index (χ0n) is 16.6. The van der Waals surface area contributed by atoms with E-state index in [4.69, 9.17) is 10.2 Å². The molecule has 148 valence electrons. The SMILES string of the molecule is C/C=C1/C=CN(c2cccc(Br)c2)N=C1C1CC=NN1c1cccc2ccccc12. The average molecular weight is 457 g/mol. The third kappa shape index (κ3) is 3.35. The first-order valence-electron chi connectivity index (χ1n) is 10.0. The maximum atomic E-state index is 5.04. The smallest absolute Gasteiger partial charge is 0.102 e. The van der Waals surface area contributed by atoms with Crippen LogP contribution in [0.5, 0.6) is 0 Å². The molecule has 2 aliphatic rings. The van der Waals surface area contributed by atoms with Crippen LogP contribution >= 0.6 is 15.9 Å². The minimum atomic E-state index is 0.0432. The summed E-state index contributed by atoms with van der Waals surface area (Å²) in [4.78, 5) is 0. The molecule has 30 heavy (non-hydrogen) atoms. The van der Waals surface area contributed by atoms with E-state index in [9.17, 15) is 0 Å². The van der Waals surface area contributed by atoms with Crippen LogP contribution < -0.4 is 10.0 Å². The lowest BCUT2D eigenvalue weighted by Crippen LogP contribution is -2.38. The minimum absolute atomic E-state index is 0.0432. The quantitative estimate of drug-likeness (QED) is 0.450. The number of fused-ring (bicyclic) bond motifs is 1. The van der Waals surface area contributed by atoms with Crippen molar-refractivity contribution < 1.29 is 0 Å². The summed E-state index contributed by atoms with van der Waals surface area (Å²) in [7, 11) is 0. The third-order valence-corrected chi connectivity index (χ3v) is 5.94. The fraction of sp³-hybridized carbons (Fsp3) is 0.120. The second-order valence-corrected chi connectivity index (χ2v) is 8.18. The molecule has 0 fully saturated rings. The number of hydrogen-bond acceptors (Lipinski definition) is 4. The average Bonchev–Trinajstić information content (AvgIpc) is 3.28. The van der Waals surface area contributed by atoms with Gasteiger partial charge in [0.1, 0.15) is 6.04 Å². The largest absolute Gasteiger partial charge is 0.256 e. The normalized spacial score (nSPS) is 19.7. The number of hydrogen-bond donors (Lipinski definition) is 0. The van der Waals surface area contributed by atoms with Gasteiger partial charge in [-0.2, -0.15) is 10.2 Å². The molecule has 4 nitrogen and oxygen atoms in total. The van der Waals surface area contributed by atoms with Gasteiger partial charge in [-0.1, -0.05) is 64.5 Å². The molecule has 3 aromatic rings. The van der Waals surface area contributed by atoms with Crippen molar-refractivity contribution >= 4 is 50.0 Å². The Morgan fingerprint density at radius 2 is 1.87 bits per heavy atom. The molecule has 0 bridgehead atoms.